The first-order valence-electron chi connectivity index (χ1n) is 5.37. The van der Waals surface area contributed by atoms with Gasteiger partial charge in [-0.15, -0.1) is 11.6 Å². The van der Waals surface area contributed by atoms with Crippen LogP contribution in [-0.4, -0.2) is 37.3 Å². The predicted molar refractivity (Wildman–Crippen MR) is 72.1 cm³/mol. The Labute approximate surface area is 111 Å². The molecular weight excluding hydrogens is 278 g/mol. The SMILES string of the molecule is O=S(=O)(c1cccc(CCl)c1)N1CCSCC1. The Morgan fingerprint density at radius 1 is 1.29 bits per heavy atom. The second kappa shape index (κ2) is 5.61. The smallest absolute Gasteiger partial charge is 0.207 e. The number of sulfonamides is 1. The van der Waals surface area contributed by atoms with E-state index in [1.165, 1.54) is 0 Å². The molecule has 94 valence electrons. The minimum absolute atomic E-state index is 0.333. The normalized spacial score (nSPS) is 18.2. The highest BCUT2D eigenvalue weighted by atomic mass is 35.5. The fraction of sp³-hybridized carbons (Fsp3) is 0.455. The third-order valence-electron chi connectivity index (χ3n) is 2.66. The number of rotatable bonds is 3. The molecule has 1 heterocycles. The Kier molecular flexibility index (Phi) is 4.36. The number of benzene rings is 1. The molecule has 2 rings (SSSR count). The van der Waals surface area contributed by atoms with Crippen molar-refractivity contribution < 1.29 is 8.42 Å². The van der Waals surface area contributed by atoms with Gasteiger partial charge in [-0.3, -0.25) is 0 Å². The number of hydrogen-bond donors (Lipinski definition) is 0. The molecule has 1 aliphatic rings. The fourth-order valence-corrected chi connectivity index (χ4v) is 4.54. The number of hydrogen-bond acceptors (Lipinski definition) is 3. The molecule has 0 spiro atoms. The molecule has 0 amide bonds. The number of thioether (sulfide) groups is 1. The Morgan fingerprint density at radius 3 is 2.65 bits per heavy atom. The van der Waals surface area contributed by atoms with Gasteiger partial charge in [-0.2, -0.15) is 16.1 Å². The molecule has 0 atom stereocenters. The van der Waals surface area contributed by atoms with E-state index in [2.05, 4.69) is 0 Å². The summed E-state index contributed by atoms with van der Waals surface area (Å²) in [7, 11) is -3.33. The summed E-state index contributed by atoms with van der Waals surface area (Å²) in [5.74, 6) is 2.07. The van der Waals surface area contributed by atoms with E-state index in [4.69, 9.17) is 11.6 Å². The summed E-state index contributed by atoms with van der Waals surface area (Å²) in [5, 5.41) is 0. The minimum atomic E-state index is -3.33. The summed E-state index contributed by atoms with van der Waals surface area (Å²) < 4.78 is 26.2. The van der Waals surface area contributed by atoms with Gasteiger partial charge in [-0.25, -0.2) is 8.42 Å². The van der Waals surface area contributed by atoms with Crippen LogP contribution in [0.4, 0.5) is 0 Å². The van der Waals surface area contributed by atoms with Crippen LogP contribution >= 0.6 is 23.4 Å². The average molecular weight is 292 g/mol. The van der Waals surface area contributed by atoms with E-state index < -0.39 is 10.0 Å². The quantitative estimate of drug-likeness (QED) is 0.801. The van der Waals surface area contributed by atoms with Crippen molar-refractivity contribution in [2.24, 2.45) is 0 Å². The Balaban J connectivity index is 2.29. The highest BCUT2D eigenvalue weighted by Gasteiger charge is 2.25. The number of alkyl halides is 1. The van der Waals surface area contributed by atoms with Crippen molar-refractivity contribution in [3.05, 3.63) is 29.8 Å². The molecule has 1 aromatic rings. The van der Waals surface area contributed by atoms with Gasteiger partial charge in [0.25, 0.3) is 0 Å². The molecule has 6 heteroatoms. The van der Waals surface area contributed by atoms with Crippen molar-refractivity contribution >= 4 is 33.4 Å². The molecule has 0 bridgehead atoms. The van der Waals surface area contributed by atoms with Crippen LogP contribution in [0.15, 0.2) is 29.2 Å². The lowest BCUT2D eigenvalue weighted by atomic mass is 10.2. The maximum Gasteiger partial charge on any atom is 0.243 e. The zero-order valence-corrected chi connectivity index (χ0v) is 11.7. The molecule has 1 fully saturated rings. The molecule has 1 aromatic carbocycles. The summed E-state index contributed by atoms with van der Waals surface area (Å²) in [6.07, 6.45) is 0. The molecule has 0 radical (unpaired) electrons. The first-order valence-corrected chi connectivity index (χ1v) is 8.50. The predicted octanol–water partition coefficient (Wildman–Crippen LogP) is 2.16. The molecule has 1 aliphatic heterocycles. The minimum Gasteiger partial charge on any atom is -0.207 e. The van der Waals surface area contributed by atoms with E-state index in [0.29, 0.717) is 23.9 Å². The van der Waals surface area contributed by atoms with Crippen LogP contribution in [-0.2, 0) is 15.9 Å². The Bertz CT molecular complexity index is 484. The van der Waals surface area contributed by atoms with Crippen molar-refractivity contribution in [2.45, 2.75) is 10.8 Å². The van der Waals surface area contributed by atoms with Crippen molar-refractivity contribution in [3.8, 4) is 0 Å². The van der Waals surface area contributed by atoms with Crippen LogP contribution in [0.1, 0.15) is 5.56 Å². The summed E-state index contributed by atoms with van der Waals surface area (Å²) in [5.41, 5.74) is 0.833. The maximum atomic E-state index is 12.3. The molecule has 0 saturated carbocycles. The highest BCUT2D eigenvalue weighted by Crippen LogP contribution is 2.21. The maximum absolute atomic E-state index is 12.3. The largest absolute Gasteiger partial charge is 0.243 e. The van der Waals surface area contributed by atoms with Gasteiger partial charge in [0.15, 0.2) is 0 Å². The fourth-order valence-electron chi connectivity index (χ4n) is 1.73. The molecule has 17 heavy (non-hydrogen) atoms. The summed E-state index contributed by atoms with van der Waals surface area (Å²) in [4.78, 5) is 0.350. The van der Waals surface area contributed by atoms with Crippen LogP contribution in [0.25, 0.3) is 0 Å². The molecule has 3 nitrogen and oxygen atoms in total. The zero-order valence-electron chi connectivity index (χ0n) is 9.30. The van der Waals surface area contributed by atoms with Gasteiger partial charge < -0.3 is 0 Å². The van der Waals surface area contributed by atoms with Crippen molar-refractivity contribution in [3.63, 3.8) is 0 Å². The van der Waals surface area contributed by atoms with Gasteiger partial charge in [0.1, 0.15) is 0 Å². The molecular formula is C11H14ClNO2S2. The summed E-state index contributed by atoms with van der Waals surface area (Å²) in [6, 6.07) is 6.86. The van der Waals surface area contributed by atoms with Gasteiger partial charge >= 0.3 is 0 Å². The first-order chi connectivity index (χ1) is 8.14. The van der Waals surface area contributed by atoms with Crippen LogP contribution in [0.3, 0.4) is 0 Å². The van der Waals surface area contributed by atoms with E-state index >= 15 is 0 Å². The van der Waals surface area contributed by atoms with Gasteiger partial charge in [-0.1, -0.05) is 12.1 Å². The van der Waals surface area contributed by atoms with Crippen LogP contribution in [0.5, 0.6) is 0 Å². The van der Waals surface area contributed by atoms with E-state index in [1.807, 2.05) is 6.07 Å². The van der Waals surface area contributed by atoms with E-state index in [9.17, 15) is 8.42 Å². The van der Waals surface area contributed by atoms with Crippen LogP contribution in [0.2, 0.25) is 0 Å². The van der Waals surface area contributed by atoms with Gasteiger partial charge in [0.05, 0.1) is 4.90 Å². The molecule has 0 aliphatic carbocycles. The molecule has 1 saturated heterocycles. The molecule has 0 N–H and O–H groups in total. The van der Waals surface area contributed by atoms with Gasteiger partial charge in [0.2, 0.25) is 10.0 Å². The van der Waals surface area contributed by atoms with Crippen LogP contribution < -0.4 is 0 Å². The molecule has 0 aromatic heterocycles. The summed E-state index contributed by atoms with van der Waals surface area (Å²) >= 11 is 7.51. The lowest BCUT2D eigenvalue weighted by Crippen LogP contribution is -2.37. The third kappa shape index (κ3) is 2.96. The lowest BCUT2D eigenvalue weighted by molar-refractivity contribution is 0.443. The van der Waals surface area contributed by atoms with Crippen molar-refractivity contribution in [1.82, 2.24) is 4.31 Å². The highest BCUT2D eigenvalue weighted by molar-refractivity contribution is 7.99. The Morgan fingerprint density at radius 2 is 2.00 bits per heavy atom. The van der Waals surface area contributed by atoms with Gasteiger partial charge in [0, 0.05) is 30.5 Å². The van der Waals surface area contributed by atoms with E-state index in [1.54, 1.807) is 34.3 Å². The van der Waals surface area contributed by atoms with E-state index in [-0.39, 0.29) is 0 Å². The lowest BCUT2D eigenvalue weighted by Gasteiger charge is -2.25. The monoisotopic (exact) mass is 291 g/mol. The second-order valence-electron chi connectivity index (χ2n) is 3.80. The van der Waals surface area contributed by atoms with Crippen molar-refractivity contribution in [1.29, 1.82) is 0 Å². The van der Waals surface area contributed by atoms with Gasteiger partial charge in [-0.05, 0) is 17.7 Å². The Hall–Kier alpha value is -0.230. The number of nitrogens with zero attached hydrogens (tertiary/aromatic N) is 1. The van der Waals surface area contributed by atoms with Crippen molar-refractivity contribution in [2.75, 3.05) is 24.6 Å². The standard InChI is InChI=1S/C11H14ClNO2S2/c12-9-10-2-1-3-11(8-10)17(14,15)13-4-6-16-7-5-13/h1-3,8H,4-7,9H2. The average Bonchev–Trinajstić information content (AvgIpc) is 2.40. The first kappa shape index (κ1) is 13.2. The zero-order chi connectivity index (χ0) is 12.3. The third-order valence-corrected chi connectivity index (χ3v) is 5.81. The van der Waals surface area contributed by atoms with Crippen LogP contribution in [0, 0.1) is 0 Å². The second-order valence-corrected chi connectivity index (χ2v) is 7.23. The molecule has 0 unspecified atom stereocenters. The summed E-state index contributed by atoms with van der Waals surface area (Å²) in [6.45, 7) is 1.19. The van der Waals surface area contributed by atoms with E-state index in [0.717, 1.165) is 17.1 Å². The number of halogens is 1. The topological polar surface area (TPSA) is 37.4 Å².